The van der Waals surface area contributed by atoms with E-state index in [9.17, 15) is 13.2 Å². The standard InChI is InChI=1S/C22H23ClN2O3S2/c1-16-8-10-19(11-9-16)30(27,28)25(21-7-3-6-20(23)17(21)2)15-22(26)24-13-12-18-5-4-14-29-18/h3-11,14H,12-13,15H2,1-2H3,(H,24,26). The van der Waals surface area contributed by atoms with Crippen LogP contribution in [0.4, 0.5) is 5.69 Å². The lowest BCUT2D eigenvalue weighted by atomic mass is 10.2. The second-order valence-electron chi connectivity index (χ2n) is 6.89. The number of amides is 1. The molecule has 158 valence electrons. The molecule has 1 aromatic heterocycles. The van der Waals surface area contributed by atoms with E-state index in [1.807, 2.05) is 24.4 Å². The van der Waals surface area contributed by atoms with Crippen LogP contribution in [0.25, 0.3) is 0 Å². The van der Waals surface area contributed by atoms with Crippen molar-refractivity contribution in [1.29, 1.82) is 0 Å². The maximum absolute atomic E-state index is 13.4. The Kier molecular flexibility index (Phi) is 7.18. The summed E-state index contributed by atoms with van der Waals surface area (Å²) in [6, 6.07) is 15.5. The summed E-state index contributed by atoms with van der Waals surface area (Å²) in [7, 11) is -3.96. The van der Waals surface area contributed by atoms with Gasteiger partial charge in [-0.3, -0.25) is 9.10 Å². The Labute approximate surface area is 186 Å². The quantitative estimate of drug-likeness (QED) is 0.533. The summed E-state index contributed by atoms with van der Waals surface area (Å²) in [5.74, 6) is -0.374. The zero-order valence-corrected chi connectivity index (χ0v) is 19.2. The summed E-state index contributed by atoms with van der Waals surface area (Å²) in [6.07, 6.45) is 0.699. The van der Waals surface area contributed by atoms with Crippen molar-refractivity contribution in [3.05, 3.63) is 81.0 Å². The molecule has 0 bridgehead atoms. The fraction of sp³-hybridized carbons (Fsp3) is 0.227. The molecule has 5 nitrogen and oxygen atoms in total. The molecular formula is C22H23ClN2O3S2. The number of benzene rings is 2. The van der Waals surface area contributed by atoms with Gasteiger partial charge in [-0.15, -0.1) is 11.3 Å². The van der Waals surface area contributed by atoms with Gasteiger partial charge < -0.3 is 5.32 Å². The lowest BCUT2D eigenvalue weighted by molar-refractivity contribution is -0.119. The maximum atomic E-state index is 13.4. The number of carbonyl (C=O) groups excluding carboxylic acids is 1. The monoisotopic (exact) mass is 462 g/mol. The number of aryl methyl sites for hydroxylation is 1. The lowest BCUT2D eigenvalue weighted by Crippen LogP contribution is -2.41. The minimum atomic E-state index is -3.96. The number of nitrogens with zero attached hydrogens (tertiary/aromatic N) is 1. The molecule has 30 heavy (non-hydrogen) atoms. The molecule has 0 saturated carbocycles. The predicted octanol–water partition coefficient (Wildman–Crippen LogP) is 4.57. The molecule has 0 aliphatic heterocycles. The number of thiophene rings is 1. The van der Waals surface area contributed by atoms with Gasteiger partial charge in [-0.05, 0) is 61.5 Å². The molecule has 0 fully saturated rings. The SMILES string of the molecule is Cc1ccc(S(=O)(=O)N(CC(=O)NCCc2cccs2)c2cccc(Cl)c2C)cc1. The average molecular weight is 463 g/mol. The Bertz CT molecular complexity index is 1110. The molecule has 0 unspecified atom stereocenters. The maximum Gasteiger partial charge on any atom is 0.264 e. The van der Waals surface area contributed by atoms with E-state index in [1.165, 1.54) is 0 Å². The van der Waals surface area contributed by atoms with Crippen LogP contribution in [0.2, 0.25) is 5.02 Å². The van der Waals surface area contributed by atoms with Crippen LogP contribution >= 0.6 is 22.9 Å². The fourth-order valence-electron chi connectivity index (χ4n) is 2.97. The van der Waals surface area contributed by atoms with Crippen LogP contribution in [0.3, 0.4) is 0 Å². The minimum absolute atomic E-state index is 0.124. The lowest BCUT2D eigenvalue weighted by Gasteiger charge is -2.26. The third kappa shape index (κ3) is 5.22. The number of anilines is 1. The average Bonchev–Trinajstić information content (AvgIpc) is 3.22. The number of nitrogens with one attached hydrogen (secondary N) is 1. The first kappa shape index (κ1) is 22.3. The van der Waals surface area contributed by atoms with E-state index in [0.29, 0.717) is 29.2 Å². The summed E-state index contributed by atoms with van der Waals surface area (Å²) in [6.45, 7) is 3.73. The van der Waals surface area contributed by atoms with Crippen LogP contribution in [0, 0.1) is 13.8 Å². The summed E-state index contributed by atoms with van der Waals surface area (Å²) >= 11 is 7.85. The molecule has 0 aliphatic rings. The first-order valence-corrected chi connectivity index (χ1v) is 12.1. The van der Waals surface area contributed by atoms with E-state index in [0.717, 1.165) is 14.7 Å². The predicted molar refractivity (Wildman–Crippen MR) is 123 cm³/mol. The Morgan fingerprint density at radius 2 is 1.80 bits per heavy atom. The van der Waals surface area contributed by atoms with Gasteiger partial charge in [0.1, 0.15) is 6.54 Å². The van der Waals surface area contributed by atoms with Gasteiger partial charge in [-0.2, -0.15) is 0 Å². The van der Waals surface area contributed by atoms with Crippen molar-refractivity contribution in [2.75, 3.05) is 17.4 Å². The van der Waals surface area contributed by atoms with Crippen molar-refractivity contribution in [2.45, 2.75) is 25.2 Å². The van der Waals surface area contributed by atoms with Crippen LogP contribution in [-0.2, 0) is 21.2 Å². The summed E-state index contributed by atoms with van der Waals surface area (Å²) < 4.78 is 27.9. The molecule has 1 N–H and O–H groups in total. The van der Waals surface area contributed by atoms with Crippen LogP contribution in [0.1, 0.15) is 16.0 Å². The molecule has 3 rings (SSSR count). The second kappa shape index (κ2) is 9.64. The third-order valence-corrected chi connectivity index (χ3v) is 7.80. The molecule has 0 spiro atoms. The number of rotatable bonds is 8. The van der Waals surface area contributed by atoms with Gasteiger partial charge in [0.05, 0.1) is 10.6 Å². The number of hydrogen-bond donors (Lipinski definition) is 1. The Balaban J connectivity index is 1.86. The van der Waals surface area contributed by atoms with Crippen molar-refractivity contribution in [3.8, 4) is 0 Å². The van der Waals surface area contributed by atoms with Crippen molar-refractivity contribution in [2.24, 2.45) is 0 Å². The van der Waals surface area contributed by atoms with Crippen molar-refractivity contribution >= 4 is 44.6 Å². The Morgan fingerprint density at radius 3 is 2.47 bits per heavy atom. The molecule has 0 saturated heterocycles. The highest BCUT2D eigenvalue weighted by molar-refractivity contribution is 7.92. The van der Waals surface area contributed by atoms with Crippen LogP contribution in [-0.4, -0.2) is 27.4 Å². The normalized spacial score (nSPS) is 11.3. The van der Waals surface area contributed by atoms with Crippen molar-refractivity contribution in [1.82, 2.24) is 5.32 Å². The molecule has 1 amide bonds. The number of sulfonamides is 1. The first-order valence-electron chi connectivity index (χ1n) is 9.42. The number of hydrogen-bond acceptors (Lipinski definition) is 4. The molecular weight excluding hydrogens is 440 g/mol. The first-order chi connectivity index (χ1) is 14.3. The zero-order valence-electron chi connectivity index (χ0n) is 16.8. The van der Waals surface area contributed by atoms with Crippen molar-refractivity contribution < 1.29 is 13.2 Å². The van der Waals surface area contributed by atoms with E-state index >= 15 is 0 Å². The molecule has 1 heterocycles. The Morgan fingerprint density at radius 1 is 1.07 bits per heavy atom. The van der Waals surface area contributed by atoms with E-state index in [4.69, 9.17) is 11.6 Å². The largest absolute Gasteiger partial charge is 0.354 e. The Hall–Kier alpha value is -2.35. The van der Waals surface area contributed by atoms with Crippen LogP contribution < -0.4 is 9.62 Å². The zero-order chi connectivity index (χ0) is 21.7. The molecule has 2 aromatic carbocycles. The number of carbonyl (C=O) groups is 1. The highest BCUT2D eigenvalue weighted by Crippen LogP contribution is 2.30. The molecule has 0 radical (unpaired) electrons. The van der Waals surface area contributed by atoms with Gasteiger partial charge in [0.25, 0.3) is 10.0 Å². The van der Waals surface area contributed by atoms with Gasteiger partial charge in [-0.1, -0.05) is 41.4 Å². The van der Waals surface area contributed by atoms with E-state index in [2.05, 4.69) is 5.32 Å². The minimum Gasteiger partial charge on any atom is -0.354 e. The fourth-order valence-corrected chi connectivity index (χ4v) is 5.33. The molecule has 0 aliphatic carbocycles. The van der Waals surface area contributed by atoms with Crippen LogP contribution in [0.5, 0.6) is 0 Å². The number of halogens is 1. The van der Waals surface area contributed by atoms with E-state index in [1.54, 1.807) is 60.7 Å². The summed E-state index contributed by atoms with van der Waals surface area (Å²) in [4.78, 5) is 13.9. The van der Waals surface area contributed by atoms with Gasteiger partial charge in [0, 0.05) is 16.4 Å². The van der Waals surface area contributed by atoms with E-state index in [-0.39, 0.29) is 17.3 Å². The highest BCUT2D eigenvalue weighted by atomic mass is 35.5. The molecule has 8 heteroatoms. The third-order valence-electron chi connectivity index (χ3n) is 4.68. The van der Waals surface area contributed by atoms with Crippen LogP contribution in [0.15, 0.2) is 64.9 Å². The summed E-state index contributed by atoms with van der Waals surface area (Å²) in [5, 5.41) is 5.24. The second-order valence-corrected chi connectivity index (χ2v) is 10.2. The highest BCUT2D eigenvalue weighted by Gasteiger charge is 2.28. The van der Waals surface area contributed by atoms with Gasteiger partial charge in [0.2, 0.25) is 5.91 Å². The topological polar surface area (TPSA) is 66.5 Å². The molecule has 0 atom stereocenters. The van der Waals surface area contributed by atoms with Gasteiger partial charge in [-0.25, -0.2) is 8.42 Å². The van der Waals surface area contributed by atoms with Gasteiger partial charge in [0.15, 0.2) is 0 Å². The van der Waals surface area contributed by atoms with E-state index < -0.39 is 10.0 Å². The smallest absolute Gasteiger partial charge is 0.264 e. The summed E-state index contributed by atoms with van der Waals surface area (Å²) in [5.41, 5.74) is 1.93. The van der Waals surface area contributed by atoms with Crippen molar-refractivity contribution in [3.63, 3.8) is 0 Å². The van der Waals surface area contributed by atoms with Gasteiger partial charge >= 0.3 is 0 Å². The molecule has 3 aromatic rings.